The number of hydrogen-bond acceptors (Lipinski definition) is 8. The first kappa shape index (κ1) is 51.6. The van der Waals surface area contributed by atoms with E-state index in [0.717, 1.165) is 96.3 Å². The molecule has 0 aliphatic rings. The minimum absolute atomic E-state index is 0.0246. The highest BCUT2D eigenvalue weighted by molar-refractivity contribution is 7.47. The number of allylic oxidation sites excluding steroid dienone is 14. The molecule has 0 aromatic rings. The molecule has 0 fully saturated rings. The highest BCUT2D eigenvalue weighted by Gasteiger charge is 2.26. The summed E-state index contributed by atoms with van der Waals surface area (Å²) >= 11 is 0. The van der Waals surface area contributed by atoms with Crippen molar-refractivity contribution in [1.29, 1.82) is 0 Å². The maximum atomic E-state index is 12.6. The molecule has 3 atom stereocenters. The van der Waals surface area contributed by atoms with E-state index in [1.807, 2.05) is 0 Å². The molecule has 0 saturated heterocycles. The summed E-state index contributed by atoms with van der Waals surface area (Å²) < 4.78 is 33.3. The number of unbranched alkanes of at least 4 members (excludes halogenated alkanes) is 10. The van der Waals surface area contributed by atoms with Gasteiger partial charge < -0.3 is 24.6 Å². The van der Waals surface area contributed by atoms with Crippen molar-refractivity contribution in [1.82, 2.24) is 0 Å². The number of aliphatic hydroxyl groups excluding tert-OH is 2. The minimum Gasteiger partial charge on any atom is -0.457 e. The average molecular weight is 779 g/mol. The fraction of sp³-hybridized carbons (Fsp3) is 0.659. The van der Waals surface area contributed by atoms with Gasteiger partial charge in [-0.3, -0.25) is 13.8 Å². The van der Waals surface area contributed by atoms with Gasteiger partial charge >= 0.3 is 13.8 Å². The average Bonchev–Trinajstić information content (AvgIpc) is 3.16. The maximum absolute atomic E-state index is 12.6. The highest BCUT2D eigenvalue weighted by Crippen LogP contribution is 2.43. The van der Waals surface area contributed by atoms with Crippen LogP contribution in [0.4, 0.5) is 0 Å². The zero-order chi connectivity index (χ0) is 39.6. The Morgan fingerprint density at radius 3 is 1.50 bits per heavy atom. The van der Waals surface area contributed by atoms with E-state index in [0.29, 0.717) is 13.0 Å². The number of carbonyl (C=O) groups is 1. The monoisotopic (exact) mass is 779 g/mol. The number of rotatable bonds is 38. The van der Waals surface area contributed by atoms with Crippen LogP contribution in [0.25, 0.3) is 0 Å². The van der Waals surface area contributed by atoms with Crippen LogP contribution in [0.2, 0.25) is 0 Å². The maximum Gasteiger partial charge on any atom is 0.472 e. The van der Waals surface area contributed by atoms with Gasteiger partial charge in [0.2, 0.25) is 0 Å². The van der Waals surface area contributed by atoms with Crippen LogP contribution in [0.15, 0.2) is 85.1 Å². The summed E-state index contributed by atoms with van der Waals surface area (Å²) in [4.78, 5) is 22.5. The molecule has 10 heteroatoms. The molecule has 310 valence electrons. The van der Waals surface area contributed by atoms with Crippen LogP contribution in [-0.2, 0) is 27.9 Å². The predicted octanol–water partition coefficient (Wildman–Crippen LogP) is 11.1. The number of carbonyl (C=O) groups excluding carboxylic acids is 1. The number of hydrogen-bond donors (Lipinski definition) is 3. The fourth-order valence-electron chi connectivity index (χ4n) is 5.01. The molecule has 0 radical (unpaired) electrons. The summed E-state index contributed by atoms with van der Waals surface area (Å²) in [6, 6.07) is 0. The molecule has 0 spiro atoms. The molecule has 0 bridgehead atoms. The van der Waals surface area contributed by atoms with Crippen LogP contribution >= 0.6 is 7.82 Å². The molecule has 0 amide bonds. The molecule has 0 aliphatic carbocycles. The quantitative estimate of drug-likeness (QED) is 0.0242. The Balaban J connectivity index is 4.29. The third kappa shape index (κ3) is 39.3. The number of phosphoric ester groups is 1. The molecule has 0 saturated carbocycles. The van der Waals surface area contributed by atoms with Crippen molar-refractivity contribution < 1.29 is 43.0 Å². The molecule has 0 aromatic heterocycles. The fourth-order valence-corrected chi connectivity index (χ4v) is 5.80. The van der Waals surface area contributed by atoms with E-state index in [1.165, 1.54) is 19.3 Å². The van der Waals surface area contributed by atoms with E-state index in [2.05, 4.69) is 98.9 Å². The second-order valence-electron chi connectivity index (χ2n) is 13.2. The molecular formula is C44H75O9P. The lowest BCUT2D eigenvalue weighted by Gasteiger charge is -2.20. The summed E-state index contributed by atoms with van der Waals surface area (Å²) in [5.74, 6) is -0.415. The van der Waals surface area contributed by atoms with Gasteiger partial charge in [-0.05, 0) is 83.5 Å². The van der Waals surface area contributed by atoms with Gasteiger partial charge in [-0.15, -0.1) is 0 Å². The third-order valence-electron chi connectivity index (χ3n) is 8.08. The topological polar surface area (TPSA) is 132 Å². The Bertz CT molecular complexity index is 1110. The molecule has 0 aliphatic heterocycles. The van der Waals surface area contributed by atoms with Crippen molar-refractivity contribution in [3.63, 3.8) is 0 Å². The molecule has 3 N–H and O–H groups in total. The largest absolute Gasteiger partial charge is 0.472 e. The van der Waals surface area contributed by atoms with Gasteiger partial charge in [-0.25, -0.2) is 4.57 Å². The lowest BCUT2D eigenvalue weighted by Crippen LogP contribution is -2.29. The van der Waals surface area contributed by atoms with E-state index in [9.17, 15) is 19.4 Å². The standard InChI is InChI=1S/C44H75O9P/c1-3-5-7-9-11-13-15-17-19-21-22-24-26-28-30-32-34-36-44(47)53-43(41-52-54(48,49)51-39-42(46)38-45)40-50-37-35-33-31-29-27-25-23-20-18-16-14-12-10-8-6-4-2/h5-8,11-14,17-20,22,24,42-43,45-46H,3-4,9-10,15-16,21,23,25-41H2,1-2H3,(H,48,49)/b7-5-,8-6-,13-11-,14-12-,19-17-,20-18-,24-22-. The molecule has 0 heterocycles. The molecule has 54 heavy (non-hydrogen) atoms. The summed E-state index contributed by atoms with van der Waals surface area (Å²) in [6.07, 6.45) is 48.2. The summed E-state index contributed by atoms with van der Waals surface area (Å²) in [6.45, 7) is 3.20. The molecular weight excluding hydrogens is 703 g/mol. The van der Waals surface area contributed by atoms with Crippen molar-refractivity contribution in [2.75, 3.05) is 33.0 Å². The van der Waals surface area contributed by atoms with Gasteiger partial charge in [0, 0.05) is 13.0 Å². The molecule has 0 aromatic carbocycles. The summed E-state index contributed by atoms with van der Waals surface area (Å²) in [7, 11) is -4.53. The van der Waals surface area contributed by atoms with Gasteiger partial charge in [0.25, 0.3) is 0 Å². The smallest absolute Gasteiger partial charge is 0.457 e. The lowest BCUT2D eigenvalue weighted by atomic mass is 10.1. The van der Waals surface area contributed by atoms with Crippen molar-refractivity contribution in [2.24, 2.45) is 0 Å². The predicted molar refractivity (Wildman–Crippen MR) is 223 cm³/mol. The van der Waals surface area contributed by atoms with E-state index < -0.39 is 45.8 Å². The Morgan fingerprint density at radius 2 is 1.00 bits per heavy atom. The zero-order valence-electron chi connectivity index (χ0n) is 33.7. The first-order valence-corrected chi connectivity index (χ1v) is 22.1. The highest BCUT2D eigenvalue weighted by atomic mass is 31.2. The molecule has 9 nitrogen and oxygen atoms in total. The number of phosphoric acid groups is 1. The van der Waals surface area contributed by atoms with E-state index in [-0.39, 0.29) is 13.0 Å². The van der Waals surface area contributed by atoms with E-state index in [1.54, 1.807) is 0 Å². The van der Waals surface area contributed by atoms with Crippen molar-refractivity contribution in [2.45, 2.75) is 154 Å². The normalized spacial score (nSPS) is 15.0. The molecule has 0 rings (SSSR count). The van der Waals surface area contributed by atoms with Crippen molar-refractivity contribution in [3.05, 3.63) is 85.1 Å². The van der Waals surface area contributed by atoms with Crippen LogP contribution in [0, 0.1) is 0 Å². The van der Waals surface area contributed by atoms with E-state index >= 15 is 0 Å². The third-order valence-corrected chi connectivity index (χ3v) is 9.03. The van der Waals surface area contributed by atoms with Gasteiger partial charge in [0.15, 0.2) is 0 Å². The Labute approximate surface area is 328 Å². The lowest BCUT2D eigenvalue weighted by molar-refractivity contribution is -0.154. The number of esters is 1. The van der Waals surface area contributed by atoms with E-state index in [4.69, 9.17) is 23.6 Å². The first-order chi connectivity index (χ1) is 26.3. The van der Waals surface area contributed by atoms with Gasteiger partial charge in [0.1, 0.15) is 12.2 Å². The summed E-state index contributed by atoms with van der Waals surface area (Å²) in [5.41, 5.74) is 0. The number of ether oxygens (including phenoxy) is 2. The van der Waals surface area contributed by atoms with Gasteiger partial charge in [0.05, 0.1) is 26.4 Å². The molecule has 3 unspecified atom stereocenters. The van der Waals surface area contributed by atoms with Crippen LogP contribution in [-0.4, -0.2) is 66.3 Å². The SMILES string of the molecule is CC/C=C\C/C=C\C/C=C\C/C=C\CCCCCCC(=O)OC(COCCCCCCCC/C=C\C/C=C\C/C=C\CC)COP(=O)(O)OCC(O)CO. The second kappa shape index (κ2) is 40.3. The van der Waals surface area contributed by atoms with Crippen LogP contribution in [0.3, 0.4) is 0 Å². The summed E-state index contributed by atoms with van der Waals surface area (Å²) in [5, 5.41) is 18.3. The second-order valence-corrected chi connectivity index (χ2v) is 14.7. The first-order valence-electron chi connectivity index (χ1n) is 20.6. The number of aliphatic hydroxyl groups is 2. The van der Waals surface area contributed by atoms with Crippen LogP contribution < -0.4 is 0 Å². The Morgan fingerprint density at radius 1 is 0.574 bits per heavy atom. The van der Waals surface area contributed by atoms with Crippen LogP contribution in [0.5, 0.6) is 0 Å². The van der Waals surface area contributed by atoms with Crippen LogP contribution in [0.1, 0.15) is 142 Å². The van der Waals surface area contributed by atoms with Gasteiger partial charge in [-0.2, -0.15) is 0 Å². The van der Waals surface area contributed by atoms with Gasteiger partial charge in [-0.1, -0.05) is 137 Å². The Hall–Kier alpha value is -2.36. The zero-order valence-corrected chi connectivity index (χ0v) is 34.5. The Kier molecular flexibility index (Phi) is 38.5. The minimum atomic E-state index is -4.53. The van der Waals surface area contributed by atoms with Crippen molar-refractivity contribution in [3.8, 4) is 0 Å². The van der Waals surface area contributed by atoms with Crippen molar-refractivity contribution >= 4 is 13.8 Å².